The summed E-state index contributed by atoms with van der Waals surface area (Å²) in [5.41, 5.74) is 7.57. The molecule has 1 aromatic heterocycles. The number of aryl methyl sites for hydroxylation is 1. The molecule has 1 aromatic carbocycles. The molecular weight excluding hydrogens is 256 g/mol. The molecule has 0 unspecified atom stereocenters. The average molecular weight is 274 g/mol. The van der Waals surface area contributed by atoms with Crippen LogP contribution in [0.3, 0.4) is 0 Å². The summed E-state index contributed by atoms with van der Waals surface area (Å²) in [7, 11) is 3.20. The second-order valence-corrected chi connectivity index (χ2v) is 4.97. The summed E-state index contributed by atoms with van der Waals surface area (Å²) in [6.45, 7) is 1.96. The maximum atomic E-state index is 6.13. The van der Waals surface area contributed by atoms with Gasteiger partial charge in [0.2, 0.25) is 0 Å². The highest BCUT2D eigenvalue weighted by Gasteiger charge is 2.29. The van der Waals surface area contributed by atoms with Crippen LogP contribution >= 0.6 is 0 Å². The van der Waals surface area contributed by atoms with Crippen molar-refractivity contribution in [2.75, 3.05) is 20.0 Å². The average Bonchev–Trinajstić information content (AvgIpc) is 3.21. The van der Waals surface area contributed by atoms with E-state index in [4.69, 9.17) is 15.2 Å². The second-order valence-electron chi connectivity index (χ2n) is 4.97. The van der Waals surface area contributed by atoms with Gasteiger partial charge in [-0.05, 0) is 25.8 Å². The van der Waals surface area contributed by atoms with Crippen molar-refractivity contribution in [3.05, 3.63) is 18.0 Å². The number of ether oxygens (including phenoxy) is 2. The zero-order valence-electron chi connectivity index (χ0n) is 11.9. The fourth-order valence-corrected chi connectivity index (χ4v) is 2.41. The van der Waals surface area contributed by atoms with Crippen LogP contribution in [0.2, 0.25) is 0 Å². The van der Waals surface area contributed by atoms with E-state index in [2.05, 4.69) is 14.8 Å². The summed E-state index contributed by atoms with van der Waals surface area (Å²) in [5, 5.41) is 8.45. The molecule has 0 amide bonds. The molecule has 1 saturated carbocycles. The molecule has 0 spiro atoms. The van der Waals surface area contributed by atoms with Gasteiger partial charge >= 0.3 is 0 Å². The largest absolute Gasteiger partial charge is 0.493 e. The number of nitrogens with zero attached hydrogens (tertiary/aromatic N) is 3. The third kappa shape index (κ3) is 1.97. The number of aromatic nitrogens is 3. The molecule has 0 atom stereocenters. The van der Waals surface area contributed by atoms with Gasteiger partial charge in [0.25, 0.3) is 0 Å². The number of hydrogen-bond acceptors (Lipinski definition) is 5. The molecule has 3 rings (SSSR count). The number of anilines is 1. The zero-order valence-corrected chi connectivity index (χ0v) is 11.9. The standard InChI is InChI=1S/C14H18N4O2/c1-8-16-17-14(18(8)9-4-5-9)10-6-12(19-2)13(20-3)7-11(10)15/h6-7,9H,4-5,15H2,1-3H3. The molecule has 1 aliphatic rings. The van der Waals surface area contributed by atoms with Gasteiger partial charge in [0, 0.05) is 23.4 Å². The first-order valence-electron chi connectivity index (χ1n) is 6.59. The van der Waals surface area contributed by atoms with Crippen LogP contribution in [-0.2, 0) is 0 Å². The fraction of sp³-hybridized carbons (Fsp3) is 0.429. The van der Waals surface area contributed by atoms with Gasteiger partial charge < -0.3 is 19.8 Å². The van der Waals surface area contributed by atoms with Gasteiger partial charge in [0.15, 0.2) is 17.3 Å². The number of hydrogen-bond donors (Lipinski definition) is 1. The Bertz CT molecular complexity index is 647. The first-order chi connectivity index (χ1) is 9.65. The summed E-state index contributed by atoms with van der Waals surface area (Å²) < 4.78 is 12.7. The smallest absolute Gasteiger partial charge is 0.166 e. The van der Waals surface area contributed by atoms with E-state index in [9.17, 15) is 0 Å². The predicted molar refractivity (Wildman–Crippen MR) is 76.0 cm³/mol. The summed E-state index contributed by atoms with van der Waals surface area (Å²) in [6, 6.07) is 4.11. The molecule has 1 heterocycles. The third-order valence-corrected chi connectivity index (χ3v) is 3.57. The second kappa shape index (κ2) is 4.70. The van der Waals surface area contributed by atoms with Crippen LogP contribution in [0.1, 0.15) is 24.7 Å². The molecule has 106 valence electrons. The van der Waals surface area contributed by atoms with E-state index in [1.54, 1.807) is 20.3 Å². The molecule has 0 saturated heterocycles. The highest BCUT2D eigenvalue weighted by Crippen LogP contribution is 2.42. The van der Waals surface area contributed by atoms with Crippen molar-refractivity contribution in [1.82, 2.24) is 14.8 Å². The lowest BCUT2D eigenvalue weighted by Crippen LogP contribution is -2.03. The van der Waals surface area contributed by atoms with Crippen LogP contribution in [0.4, 0.5) is 5.69 Å². The minimum atomic E-state index is 0.493. The summed E-state index contributed by atoms with van der Waals surface area (Å²) in [5.74, 6) is 2.96. The molecule has 2 aromatic rings. The SMILES string of the molecule is COc1cc(N)c(-c2nnc(C)n2C2CC2)cc1OC. The molecule has 0 bridgehead atoms. The highest BCUT2D eigenvalue weighted by atomic mass is 16.5. The van der Waals surface area contributed by atoms with Crippen LogP contribution in [0.15, 0.2) is 12.1 Å². The van der Waals surface area contributed by atoms with Crippen LogP contribution in [0.5, 0.6) is 11.5 Å². The Kier molecular flexibility index (Phi) is 3.00. The van der Waals surface area contributed by atoms with E-state index in [1.807, 2.05) is 13.0 Å². The van der Waals surface area contributed by atoms with Crippen molar-refractivity contribution in [2.45, 2.75) is 25.8 Å². The lowest BCUT2D eigenvalue weighted by atomic mass is 10.1. The normalized spacial score (nSPS) is 14.3. The van der Waals surface area contributed by atoms with E-state index in [0.29, 0.717) is 23.2 Å². The minimum absolute atomic E-state index is 0.493. The van der Waals surface area contributed by atoms with Gasteiger partial charge in [-0.1, -0.05) is 0 Å². The Morgan fingerprint density at radius 1 is 1.15 bits per heavy atom. The van der Waals surface area contributed by atoms with E-state index in [-0.39, 0.29) is 0 Å². The van der Waals surface area contributed by atoms with Crippen LogP contribution in [0, 0.1) is 6.92 Å². The van der Waals surface area contributed by atoms with Crippen molar-refractivity contribution in [2.24, 2.45) is 0 Å². The predicted octanol–water partition coefficient (Wildman–Crippen LogP) is 2.19. The van der Waals surface area contributed by atoms with E-state index < -0.39 is 0 Å². The van der Waals surface area contributed by atoms with Gasteiger partial charge in [-0.15, -0.1) is 10.2 Å². The van der Waals surface area contributed by atoms with Crippen molar-refractivity contribution in [3.63, 3.8) is 0 Å². The maximum Gasteiger partial charge on any atom is 0.166 e. The van der Waals surface area contributed by atoms with Gasteiger partial charge in [-0.25, -0.2) is 0 Å². The highest BCUT2D eigenvalue weighted by molar-refractivity contribution is 5.76. The third-order valence-electron chi connectivity index (χ3n) is 3.57. The lowest BCUT2D eigenvalue weighted by molar-refractivity contribution is 0.355. The van der Waals surface area contributed by atoms with Gasteiger partial charge in [-0.2, -0.15) is 0 Å². The number of rotatable bonds is 4. The molecule has 1 aliphatic carbocycles. The monoisotopic (exact) mass is 274 g/mol. The van der Waals surface area contributed by atoms with Crippen molar-refractivity contribution in [1.29, 1.82) is 0 Å². The van der Waals surface area contributed by atoms with Crippen LogP contribution in [0.25, 0.3) is 11.4 Å². The lowest BCUT2D eigenvalue weighted by Gasteiger charge is -2.13. The van der Waals surface area contributed by atoms with Gasteiger partial charge in [0.1, 0.15) is 5.82 Å². The molecule has 0 radical (unpaired) electrons. The molecular formula is C14H18N4O2. The Morgan fingerprint density at radius 2 is 1.80 bits per heavy atom. The molecule has 6 heteroatoms. The van der Waals surface area contributed by atoms with Crippen molar-refractivity contribution >= 4 is 5.69 Å². The van der Waals surface area contributed by atoms with E-state index in [1.165, 1.54) is 12.8 Å². The maximum absolute atomic E-state index is 6.13. The summed E-state index contributed by atoms with van der Waals surface area (Å²) >= 11 is 0. The Hall–Kier alpha value is -2.24. The Labute approximate surface area is 117 Å². The number of methoxy groups -OCH3 is 2. The van der Waals surface area contributed by atoms with Gasteiger partial charge in [0.05, 0.1) is 14.2 Å². The summed E-state index contributed by atoms with van der Waals surface area (Å²) in [6.07, 6.45) is 2.33. The first-order valence-corrected chi connectivity index (χ1v) is 6.59. The number of nitrogen functional groups attached to an aromatic ring is 1. The molecule has 20 heavy (non-hydrogen) atoms. The molecule has 2 N–H and O–H groups in total. The fourth-order valence-electron chi connectivity index (χ4n) is 2.41. The van der Waals surface area contributed by atoms with Crippen molar-refractivity contribution < 1.29 is 9.47 Å². The first kappa shape index (κ1) is 12.8. The van der Waals surface area contributed by atoms with Crippen LogP contribution < -0.4 is 15.2 Å². The van der Waals surface area contributed by atoms with E-state index in [0.717, 1.165) is 17.2 Å². The quantitative estimate of drug-likeness (QED) is 0.865. The van der Waals surface area contributed by atoms with E-state index >= 15 is 0 Å². The number of benzene rings is 1. The molecule has 6 nitrogen and oxygen atoms in total. The summed E-state index contributed by atoms with van der Waals surface area (Å²) in [4.78, 5) is 0. The molecule has 1 fully saturated rings. The van der Waals surface area contributed by atoms with Crippen LogP contribution in [-0.4, -0.2) is 29.0 Å². The zero-order chi connectivity index (χ0) is 14.3. The minimum Gasteiger partial charge on any atom is -0.493 e. The topological polar surface area (TPSA) is 75.2 Å². The number of nitrogens with two attached hydrogens (primary N) is 1. The molecule has 0 aliphatic heterocycles. The van der Waals surface area contributed by atoms with Gasteiger partial charge in [-0.3, -0.25) is 0 Å². The Balaban J connectivity index is 2.14. The Morgan fingerprint density at radius 3 is 2.40 bits per heavy atom. The van der Waals surface area contributed by atoms with Crippen molar-refractivity contribution in [3.8, 4) is 22.9 Å².